The van der Waals surface area contributed by atoms with Gasteiger partial charge in [-0.2, -0.15) is 5.10 Å². The molecule has 0 aliphatic rings. The van der Waals surface area contributed by atoms with Gasteiger partial charge in [-0.25, -0.2) is 9.37 Å². The van der Waals surface area contributed by atoms with Crippen molar-refractivity contribution in [1.29, 1.82) is 0 Å². The topological polar surface area (TPSA) is 70.0 Å². The summed E-state index contributed by atoms with van der Waals surface area (Å²) in [7, 11) is 1.95. The van der Waals surface area contributed by atoms with Gasteiger partial charge in [-0.05, 0) is 24.3 Å². The zero-order valence-corrected chi connectivity index (χ0v) is 13.5. The molecule has 0 bridgehead atoms. The smallest absolute Gasteiger partial charge is 0.123 e. The van der Waals surface area contributed by atoms with E-state index in [4.69, 9.17) is 0 Å². The van der Waals surface area contributed by atoms with Gasteiger partial charge in [0, 0.05) is 44.0 Å². The number of hydrogen-bond acceptors (Lipinski definition) is 4. The van der Waals surface area contributed by atoms with Crippen LogP contribution in [0.5, 0.6) is 0 Å². The summed E-state index contributed by atoms with van der Waals surface area (Å²) in [4.78, 5) is 6.25. The van der Waals surface area contributed by atoms with Gasteiger partial charge in [0.05, 0.1) is 30.5 Å². The van der Waals surface area contributed by atoms with Gasteiger partial charge in [-0.1, -0.05) is 0 Å². The van der Waals surface area contributed by atoms with Gasteiger partial charge < -0.3 is 9.67 Å². The maximum absolute atomic E-state index is 13.1. The fraction of sp³-hybridized carbons (Fsp3) is 0.294. The van der Waals surface area contributed by atoms with Gasteiger partial charge in [0.15, 0.2) is 0 Å². The van der Waals surface area contributed by atoms with E-state index in [1.54, 1.807) is 24.7 Å². The van der Waals surface area contributed by atoms with Crippen molar-refractivity contribution < 1.29 is 9.50 Å². The molecule has 0 radical (unpaired) electrons. The highest BCUT2D eigenvalue weighted by atomic mass is 19.1. The average Bonchev–Trinajstić information content (AvgIpc) is 3.18. The Hall–Kier alpha value is -2.51. The predicted molar refractivity (Wildman–Crippen MR) is 88.4 cm³/mol. The van der Waals surface area contributed by atoms with Gasteiger partial charge in [0.2, 0.25) is 0 Å². The van der Waals surface area contributed by atoms with E-state index in [1.807, 2.05) is 17.8 Å². The summed E-state index contributed by atoms with van der Waals surface area (Å²) >= 11 is 0. The Balaban J connectivity index is 1.79. The number of aliphatic hydroxyl groups is 1. The van der Waals surface area contributed by atoms with Crippen molar-refractivity contribution in [3.8, 4) is 11.3 Å². The van der Waals surface area contributed by atoms with Crippen LogP contribution in [0.25, 0.3) is 11.3 Å². The van der Waals surface area contributed by atoms with E-state index in [0.717, 1.165) is 22.5 Å². The normalized spacial score (nSPS) is 11.3. The zero-order valence-electron chi connectivity index (χ0n) is 13.5. The van der Waals surface area contributed by atoms with E-state index in [1.165, 1.54) is 12.1 Å². The van der Waals surface area contributed by atoms with E-state index in [9.17, 15) is 9.50 Å². The number of aryl methyl sites for hydroxylation is 1. The third-order valence-corrected chi connectivity index (χ3v) is 3.96. The molecule has 0 atom stereocenters. The van der Waals surface area contributed by atoms with Gasteiger partial charge in [-0.3, -0.25) is 10.00 Å². The third kappa shape index (κ3) is 3.69. The minimum absolute atomic E-state index is 0.0710. The molecule has 0 aliphatic carbocycles. The third-order valence-electron chi connectivity index (χ3n) is 3.96. The fourth-order valence-corrected chi connectivity index (χ4v) is 2.66. The van der Waals surface area contributed by atoms with Crippen molar-refractivity contribution >= 4 is 0 Å². The number of aliphatic hydroxyl groups excluding tert-OH is 1. The number of nitrogens with one attached hydrogen (secondary N) is 1. The molecule has 0 fully saturated rings. The molecule has 3 rings (SSSR count). The maximum Gasteiger partial charge on any atom is 0.123 e. The molecule has 6 nitrogen and oxygen atoms in total. The molecular weight excluding hydrogens is 309 g/mol. The van der Waals surface area contributed by atoms with E-state index in [2.05, 4.69) is 20.1 Å². The standard InChI is InChI=1S/C17H20FN5O/c1-22-12-19-9-16(22)11-23(6-7-24)10-14-8-20-21-17(14)13-2-4-15(18)5-3-13/h2-5,8-9,12,24H,6-7,10-11H2,1H3,(H,20,21). The second kappa shape index (κ2) is 7.37. The highest BCUT2D eigenvalue weighted by molar-refractivity contribution is 5.62. The van der Waals surface area contributed by atoms with Crippen LogP contribution in [-0.2, 0) is 20.1 Å². The largest absolute Gasteiger partial charge is 0.395 e. The number of rotatable bonds is 7. The van der Waals surface area contributed by atoms with Crippen LogP contribution in [0.3, 0.4) is 0 Å². The van der Waals surface area contributed by atoms with Crippen molar-refractivity contribution in [2.24, 2.45) is 7.05 Å². The van der Waals surface area contributed by atoms with E-state index in [0.29, 0.717) is 19.6 Å². The van der Waals surface area contributed by atoms with Gasteiger partial charge in [0.1, 0.15) is 5.82 Å². The highest BCUT2D eigenvalue weighted by Crippen LogP contribution is 2.23. The lowest BCUT2D eigenvalue weighted by Gasteiger charge is -2.21. The van der Waals surface area contributed by atoms with E-state index < -0.39 is 0 Å². The summed E-state index contributed by atoms with van der Waals surface area (Å²) in [5.74, 6) is -0.266. The van der Waals surface area contributed by atoms with Crippen molar-refractivity contribution in [1.82, 2.24) is 24.6 Å². The van der Waals surface area contributed by atoms with Gasteiger partial charge in [-0.15, -0.1) is 0 Å². The first kappa shape index (κ1) is 16.4. The first-order valence-electron chi connectivity index (χ1n) is 7.74. The van der Waals surface area contributed by atoms with Gasteiger partial charge >= 0.3 is 0 Å². The molecule has 126 valence electrons. The van der Waals surface area contributed by atoms with Crippen molar-refractivity contribution in [2.45, 2.75) is 13.1 Å². The van der Waals surface area contributed by atoms with Crippen LogP contribution in [0.1, 0.15) is 11.3 Å². The Morgan fingerprint density at radius 3 is 2.67 bits per heavy atom. The second-order valence-corrected chi connectivity index (χ2v) is 5.71. The summed E-state index contributed by atoms with van der Waals surface area (Å²) in [5.41, 5.74) is 3.81. The van der Waals surface area contributed by atoms with E-state index in [-0.39, 0.29) is 12.4 Å². The molecule has 0 saturated carbocycles. The highest BCUT2D eigenvalue weighted by Gasteiger charge is 2.14. The minimum atomic E-state index is -0.266. The molecule has 0 aliphatic heterocycles. The van der Waals surface area contributed by atoms with Crippen molar-refractivity contribution in [3.05, 3.63) is 60.1 Å². The number of benzene rings is 1. The molecule has 3 aromatic rings. The molecular formula is C17H20FN5O. The summed E-state index contributed by atoms with van der Waals surface area (Å²) in [6.45, 7) is 1.90. The first-order valence-corrected chi connectivity index (χ1v) is 7.74. The van der Waals surface area contributed by atoms with Gasteiger partial charge in [0.25, 0.3) is 0 Å². The van der Waals surface area contributed by atoms with Crippen LogP contribution in [0.4, 0.5) is 4.39 Å². The summed E-state index contributed by atoms with van der Waals surface area (Å²) < 4.78 is 15.1. The molecule has 7 heteroatoms. The Morgan fingerprint density at radius 1 is 1.21 bits per heavy atom. The van der Waals surface area contributed by atoms with Crippen LogP contribution in [-0.4, -0.2) is 42.9 Å². The molecule has 0 amide bonds. The Kier molecular flexibility index (Phi) is 5.02. The lowest BCUT2D eigenvalue weighted by molar-refractivity contribution is 0.182. The monoisotopic (exact) mass is 329 g/mol. The maximum atomic E-state index is 13.1. The number of nitrogens with zero attached hydrogens (tertiary/aromatic N) is 4. The van der Waals surface area contributed by atoms with Crippen LogP contribution in [0, 0.1) is 5.82 Å². The van der Waals surface area contributed by atoms with Crippen molar-refractivity contribution in [3.63, 3.8) is 0 Å². The second-order valence-electron chi connectivity index (χ2n) is 5.71. The van der Waals surface area contributed by atoms with Crippen LogP contribution in [0.15, 0.2) is 43.0 Å². The number of H-pyrrole nitrogens is 1. The average molecular weight is 329 g/mol. The molecule has 1 aromatic carbocycles. The quantitative estimate of drug-likeness (QED) is 0.695. The molecule has 0 saturated heterocycles. The molecule has 2 aromatic heterocycles. The number of aromatic amines is 1. The lowest BCUT2D eigenvalue weighted by Crippen LogP contribution is -2.27. The summed E-state index contributed by atoms with van der Waals surface area (Å²) in [6, 6.07) is 6.32. The first-order chi connectivity index (χ1) is 11.7. The predicted octanol–water partition coefficient (Wildman–Crippen LogP) is 1.94. The molecule has 0 spiro atoms. The van der Waals surface area contributed by atoms with Crippen LogP contribution in [0.2, 0.25) is 0 Å². The zero-order chi connectivity index (χ0) is 16.9. The number of imidazole rings is 1. The number of halogens is 1. The Morgan fingerprint density at radius 2 is 2.00 bits per heavy atom. The Bertz CT molecular complexity index is 780. The van der Waals surface area contributed by atoms with Crippen molar-refractivity contribution in [2.75, 3.05) is 13.2 Å². The summed E-state index contributed by atoms with van der Waals surface area (Å²) in [5, 5.41) is 16.5. The van der Waals surface area contributed by atoms with Crippen LogP contribution >= 0.6 is 0 Å². The number of hydrogen-bond donors (Lipinski definition) is 2. The van der Waals surface area contributed by atoms with Crippen LogP contribution < -0.4 is 0 Å². The fourth-order valence-electron chi connectivity index (χ4n) is 2.66. The number of aromatic nitrogens is 4. The lowest BCUT2D eigenvalue weighted by atomic mass is 10.1. The minimum Gasteiger partial charge on any atom is -0.395 e. The SMILES string of the molecule is Cn1cncc1CN(CCO)Cc1cn[nH]c1-c1ccc(F)cc1. The van der Waals surface area contributed by atoms with E-state index >= 15 is 0 Å². The summed E-state index contributed by atoms with van der Waals surface area (Å²) in [6.07, 6.45) is 5.35. The molecule has 24 heavy (non-hydrogen) atoms. The Labute approximate surface area is 139 Å². The molecule has 2 N–H and O–H groups in total. The molecule has 2 heterocycles. The molecule has 0 unspecified atom stereocenters.